The van der Waals surface area contributed by atoms with Gasteiger partial charge < -0.3 is 5.32 Å². The lowest BCUT2D eigenvalue weighted by Crippen LogP contribution is -2.62. The van der Waals surface area contributed by atoms with Crippen molar-refractivity contribution in [2.24, 2.45) is 5.92 Å². The summed E-state index contributed by atoms with van der Waals surface area (Å²) in [6.45, 7) is 9.69. The van der Waals surface area contributed by atoms with E-state index < -0.39 is 5.54 Å². The van der Waals surface area contributed by atoms with Crippen LogP contribution in [-0.2, 0) is 9.59 Å². The average Bonchev–Trinajstić information content (AvgIpc) is 2.54. The third kappa shape index (κ3) is 2.81. The smallest absolute Gasteiger partial charge is 0.250 e. The van der Waals surface area contributed by atoms with Crippen LogP contribution in [0.1, 0.15) is 40.5 Å². The zero-order chi connectivity index (χ0) is 17.5. The van der Waals surface area contributed by atoms with Gasteiger partial charge in [0.15, 0.2) is 0 Å². The fourth-order valence-corrected chi connectivity index (χ4v) is 3.77. The third-order valence-corrected chi connectivity index (χ3v) is 5.32. The number of carbonyl (C=O) groups excluding carboxylic acids is 2. The van der Waals surface area contributed by atoms with Crippen molar-refractivity contribution < 1.29 is 9.59 Å². The van der Waals surface area contributed by atoms with Gasteiger partial charge in [0.1, 0.15) is 5.54 Å². The second-order valence-electron chi connectivity index (χ2n) is 7.62. The van der Waals surface area contributed by atoms with Gasteiger partial charge in [-0.1, -0.05) is 19.1 Å². The number of anilines is 2. The first kappa shape index (κ1) is 17.0. The fraction of sp³-hybridized carbons (Fsp3) is 0.579. The quantitative estimate of drug-likeness (QED) is 0.908. The number of likely N-dealkylation sites (tertiary alicyclic amines) is 1. The molecule has 2 aliphatic rings. The maximum Gasteiger partial charge on any atom is 0.250 e. The van der Waals surface area contributed by atoms with Crippen molar-refractivity contribution in [3.05, 3.63) is 24.3 Å². The summed E-state index contributed by atoms with van der Waals surface area (Å²) in [5.41, 5.74) is 0.583. The Kier molecular flexibility index (Phi) is 4.38. The van der Waals surface area contributed by atoms with Crippen molar-refractivity contribution in [3.63, 3.8) is 0 Å². The molecule has 3 rings (SSSR count). The van der Waals surface area contributed by atoms with Crippen LogP contribution in [0.5, 0.6) is 0 Å². The summed E-state index contributed by atoms with van der Waals surface area (Å²) >= 11 is 0. The normalized spacial score (nSPS) is 24.9. The molecule has 0 saturated carbocycles. The Balaban J connectivity index is 1.93. The third-order valence-electron chi connectivity index (χ3n) is 5.32. The molecule has 130 valence electrons. The summed E-state index contributed by atoms with van der Waals surface area (Å²) < 4.78 is 0. The van der Waals surface area contributed by atoms with Gasteiger partial charge in [0, 0.05) is 6.54 Å². The molecular weight excluding hydrogens is 302 g/mol. The molecule has 0 unspecified atom stereocenters. The van der Waals surface area contributed by atoms with Crippen LogP contribution in [-0.4, -0.2) is 41.4 Å². The fourth-order valence-electron chi connectivity index (χ4n) is 3.77. The number of piperidine rings is 1. The molecule has 1 aromatic carbocycles. The van der Waals surface area contributed by atoms with Gasteiger partial charge in [-0.25, -0.2) is 0 Å². The largest absolute Gasteiger partial charge is 0.322 e. The summed E-state index contributed by atoms with van der Waals surface area (Å²) in [7, 11) is 0. The Labute approximate surface area is 144 Å². The number of carbonyl (C=O) groups is 2. The number of para-hydroxylation sites is 2. The molecule has 1 N–H and O–H groups in total. The number of amides is 2. The lowest BCUT2D eigenvalue weighted by molar-refractivity contribution is -0.129. The molecule has 1 aromatic rings. The molecule has 5 nitrogen and oxygen atoms in total. The number of fused-ring (bicyclic) bond motifs is 1. The highest BCUT2D eigenvalue weighted by atomic mass is 16.2. The predicted octanol–water partition coefficient (Wildman–Crippen LogP) is 2.87. The molecule has 1 fully saturated rings. The molecule has 2 heterocycles. The zero-order valence-corrected chi connectivity index (χ0v) is 15.0. The molecular formula is C19H27N3O2. The van der Waals surface area contributed by atoms with E-state index in [-0.39, 0.29) is 17.9 Å². The van der Waals surface area contributed by atoms with Crippen molar-refractivity contribution in [2.45, 2.75) is 52.1 Å². The summed E-state index contributed by atoms with van der Waals surface area (Å²) in [4.78, 5) is 29.8. The van der Waals surface area contributed by atoms with Crippen LogP contribution in [0.15, 0.2) is 24.3 Å². The van der Waals surface area contributed by atoms with Gasteiger partial charge in [-0.3, -0.25) is 19.4 Å². The Hall–Kier alpha value is -1.88. The Morgan fingerprint density at radius 1 is 1.33 bits per heavy atom. The van der Waals surface area contributed by atoms with E-state index in [4.69, 9.17) is 0 Å². The molecule has 0 spiro atoms. The molecule has 2 atom stereocenters. The van der Waals surface area contributed by atoms with E-state index in [1.807, 2.05) is 45.0 Å². The van der Waals surface area contributed by atoms with Gasteiger partial charge >= 0.3 is 0 Å². The average molecular weight is 329 g/mol. The first-order valence-corrected chi connectivity index (χ1v) is 8.81. The Morgan fingerprint density at radius 2 is 2.04 bits per heavy atom. The van der Waals surface area contributed by atoms with Gasteiger partial charge in [0.25, 0.3) is 0 Å². The molecule has 1 saturated heterocycles. The van der Waals surface area contributed by atoms with Crippen LogP contribution in [0, 0.1) is 5.92 Å². The van der Waals surface area contributed by atoms with E-state index in [0.29, 0.717) is 11.6 Å². The van der Waals surface area contributed by atoms with E-state index in [2.05, 4.69) is 17.1 Å². The minimum absolute atomic E-state index is 0.00333. The number of nitrogens with zero attached hydrogens (tertiary/aromatic N) is 2. The maximum absolute atomic E-state index is 13.3. The number of benzene rings is 1. The van der Waals surface area contributed by atoms with Crippen LogP contribution in [0.25, 0.3) is 0 Å². The highest BCUT2D eigenvalue weighted by molar-refractivity contribution is 6.15. The predicted molar refractivity (Wildman–Crippen MR) is 96.1 cm³/mol. The Bertz CT molecular complexity index is 656. The SMILES string of the molecule is C[C@H]1CCCN([C@@H](C)C(=O)N2c3ccccc3NC(=O)C2(C)C)C1. The standard InChI is InChI=1S/C19H27N3O2/c1-13-8-7-11-21(12-13)14(2)17(23)22-16-10-6-5-9-15(16)20-18(24)19(22,3)4/h5-6,9-10,13-14H,7-8,11-12H2,1-4H3,(H,20,24)/t13-,14-/m0/s1. The maximum atomic E-state index is 13.3. The lowest BCUT2D eigenvalue weighted by Gasteiger charge is -2.45. The molecule has 0 radical (unpaired) electrons. The molecule has 0 bridgehead atoms. The van der Waals surface area contributed by atoms with Gasteiger partial charge in [-0.05, 0) is 58.2 Å². The van der Waals surface area contributed by atoms with Crippen LogP contribution in [0.4, 0.5) is 11.4 Å². The van der Waals surface area contributed by atoms with Crippen molar-refractivity contribution >= 4 is 23.2 Å². The first-order chi connectivity index (χ1) is 11.3. The summed E-state index contributed by atoms with van der Waals surface area (Å²) in [5, 5.41) is 2.91. The van der Waals surface area contributed by atoms with Gasteiger partial charge in [-0.15, -0.1) is 0 Å². The van der Waals surface area contributed by atoms with Gasteiger partial charge in [-0.2, -0.15) is 0 Å². The topological polar surface area (TPSA) is 52.7 Å². The number of hydrogen-bond donors (Lipinski definition) is 1. The number of nitrogens with one attached hydrogen (secondary N) is 1. The monoisotopic (exact) mass is 329 g/mol. The second kappa shape index (κ2) is 6.20. The van der Waals surface area contributed by atoms with Crippen molar-refractivity contribution in [1.82, 2.24) is 4.90 Å². The van der Waals surface area contributed by atoms with E-state index in [1.54, 1.807) is 4.90 Å². The molecule has 0 aromatic heterocycles. The van der Waals surface area contributed by atoms with Crippen molar-refractivity contribution in [3.8, 4) is 0 Å². The first-order valence-electron chi connectivity index (χ1n) is 8.81. The van der Waals surface area contributed by atoms with Crippen LogP contribution in [0.3, 0.4) is 0 Å². The van der Waals surface area contributed by atoms with E-state index in [1.165, 1.54) is 6.42 Å². The lowest BCUT2D eigenvalue weighted by atomic mass is 9.94. The highest BCUT2D eigenvalue weighted by Crippen LogP contribution is 2.37. The van der Waals surface area contributed by atoms with Crippen LogP contribution < -0.4 is 10.2 Å². The second-order valence-corrected chi connectivity index (χ2v) is 7.62. The van der Waals surface area contributed by atoms with Crippen molar-refractivity contribution in [2.75, 3.05) is 23.3 Å². The van der Waals surface area contributed by atoms with E-state index >= 15 is 0 Å². The summed E-state index contributed by atoms with van der Waals surface area (Å²) in [6.07, 6.45) is 2.34. The molecule has 2 amide bonds. The van der Waals surface area contributed by atoms with Crippen LogP contribution >= 0.6 is 0 Å². The molecule has 0 aliphatic carbocycles. The number of rotatable bonds is 2. The van der Waals surface area contributed by atoms with E-state index in [0.717, 1.165) is 25.2 Å². The minimum atomic E-state index is -0.902. The molecule has 5 heteroatoms. The highest BCUT2D eigenvalue weighted by Gasteiger charge is 2.45. The van der Waals surface area contributed by atoms with Gasteiger partial charge in [0.2, 0.25) is 11.8 Å². The minimum Gasteiger partial charge on any atom is -0.322 e. The number of hydrogen-bond acceptors (Lipinski definition) is 3. The summed E-state index contributed by atoms with van der Waals surface area (Å²) in [6, 6.07) is 7.29. The summed E-state index contributed by atoms with van der Waals surface area (Å²) in [5.74, 6) is 0.462. The van der Waals surface area contributed by atoms with Gasteiger partial charge in [0.05, 0.1) is 17.4 Å². The molecule has 2 aliphatic heterocycles. The van der Waals surface area contributed by atoms with Crippen LogP contribution in [0.2, 0.25) is 0 Å². The Morgan fingerprint density at radius 3 is 2.75 bits per heavy atom. The van der Waals surface area contributed by atoms with E-state index in [9.17, 15) is 9.59 Å². The van der Waals surface area contributed by atoms with Crippen molar-refractivity contribution in [1.29, 1.82) is 0 Å². The zero-order valence-electron chi connectivity index (χ0n) is 15.0. The molecule has 24 heavy (non-hydrogen) atoms.